The predicted octanol–water partition coefficient (Wildman–Crippen LogP) is 2.86. The molecule has 0 amide bonds. The number of rotatable bonds is 2. The lowest BCUT2D eigenvalue weighted by Crippen LogP contribution is -2.05. The minimum absolute atomic E-state index is 0.177. The van der Waals surface area contributed by atoms with Gasteiger partial charge in [-0.05, 0) is 12.1 Å². The number of hydrogen-bond acceptors (Lipinski definition) is 3. The van der Waals surface area contributed by atoms with Gasteiger partial charge in [0.2, 0.25) is 0 Å². The van der Waals surface area contributed by atoms with Crippen LogP contribution in [-0.4, -0.2) is 21.0 Å². The van der Waals surface area contributed by atoms with Crippen LogP contribution in [0.5, 0.6) is 0 Å². The second kappa shape index (κ2) is 4.68. The number of carboxylic acids is 1. The van der Waals surface area contributed by atoms with E-state index in [4.69, 9.17) is 5.11 Å². The molecule has 0 bridgehead atoms. The number of aromatic carboxylic acids is 1. The van der Waals surface area contributed by atoms with E-state index < -0.39 is 17.7 Å². The molecule has 0 saturated heterocycles. The van der Waals surface area contributed by atoms with Crippen molar-refractivity contribution in [3.05, 3.63) is 47.9 Å². The van der Waals surface area contributed by atoms with Crippen LogP contribution >= 0.6 is 0 Å². The van der Waals surface area contributed by atoms with Crippen LogP contribution in [0.3, 0.4) is 0 Å². The van der Waals surface area contributed by atoms with Crippen LogP contribution in [0.2, 0.25) is 0 Å². The van der Waals surface area contributed by atoms with E-state index in [1.165, 1.54) is 12.1 Å². The molecular weight excluding hydrogens is 261 g/mol. The molecule has 2 rings (SSSR count). The molecule has 0 aliphatic rings. The normalized spacial score (nSPS) is 11.3. The summed E-state index contributed by atoms with van der Waals surface area (Å²) in [7, 11) is 0. The summed E-state index contributed by atoms with van der Waals surface area (Å²) in [6.45, 7) is 0. The molecule has 7 heteroatoms. The largest absolute Gasteiger partial charge is 0.476 e. The Labute approximate surface area is 105 Å². The van der Waals surface area contributed by atoms with E-state index in [0.717, 1.165) is 24.5 Å². The van der Waals surface area contributed by atoms with E-state index in [-0.39, 0.29) is 17.0 Å². The number of benzene rings is 1. The molecule has 1 aromatic carbocycles. The van der Waals surface area contributed by atoms with Crippen molar-refractivity contribution in [2.45, 2.75) is 6.18 Å². The van der Waals surface area contributed by atoms with Crippen LogP contribution in [-0.2, 0) is 6.18 Å². The van der Waals surface area contributed by atoms with E-state index in [1.807, 2.05) is 0 Å². The van der Waals surface area contributed by atoms with E-state index in [1.54, 1.807) is 0 Å². The predicted molar refractivity (Wildman–Crippen MR) is 59.4 cm³/mol. The maximum absolute atomic E-state index is 12.5. The van der Waals surface area contributed by atoms with Gasteiger partial charge in [-0.25, -0.2) is 9.78 Å². The maximum Gasteiger partial charge on any atom is 0.416 e. The Morgan fingerprint density at radius 1 is 1.16 bits per heavy atom. The van der Waals surface area contributed by atoms with Gasteiger partial charge in [0.15, 0.2) is 5.69 Å². The molecular formula is C12H7F3N2O2. The lowest BCUT2D eigenvalue weighted by Gasteiger charge is -2.08. The molecule has 1 aromatic heterocycles. The third kappa shape index (κ3) is 2.87. The van der Waals surface area contributed by atoms with Crippen LogP contribution in [0.15, 0.2) is 36.7 Å². The van der Waals surface area contributed by atoms with E-state index in [0.29, 0.717) is 0 Å². The van der Waals surface area contributed by atoms with Gasteiger partial charge in [0, 0.05) is 5.56 Å². The van der Waals surface area contributed by atoms with Gasteiger partial charge in [0.25, 0.3) is 0 Å². The van der Waals surface area contributed by atoms with Gasteiger partial charge in [-0.15, -0.1) is 0 Å². The van der Waals surface area contributed by atoms with Gasteiger partial charge >= 0.3 is 12.1 Å². The summed E-state index contributed by atoms with van der Waals surface area (Å²) < 4.78 is 37.6. The monoisotopic (exact) mass is 268 g/mol. The fraction of sp³-hybridized carbons (Fsp3) is 0.0833. The highest BCUT2D eigenvalue weighted by Gasteiger charge is 2.30. The summed E-state index contributed by atoms with van der Waals surface area (Å²) in [5.74, 6) is -1.25. The van der Waals surface area contributed by atoms with Gasteiger partial charge in [0.1, 0.15) is 0 Å². The van der Waals surface area contributed by atoms with Gasteiger partial charge in [-0.1, -0.05) is 12.1 Å². The minimum Gasteiger partial charge on any atom is -0.476 e. The first-order valence-electron chi connectivity index (χ1n) is 5.11. The number of carbonyl (C=O) groups is 1. The molecule has 0 saturated carbocycles. The first-order valence-corrected chi connectivity index (χ1v) is 5.11. The highest BCUT2D eigenvalue weighted by atomic mass is 19.4. The Balaban J connectivity index is 2.39. The molecule has 0 atom stereocenters. The number of nitrogens with zero attached hydrogens (tertiary/aromatic N) is 2. The maximum atomic E-state index is 12.5. The topological polar surface area (TPSA) is 63.1 Å². The minimum atomic E-state index is -4.44. The van der Waals surface area contributed by atoms with Crippen molar-refractivity contribution in [3.63, 3.8) is 0 Å². The molecule has 1 heterocycles. The van der Waals surface area contributed by atoms with Gasteiger partial charge in [0.05, 0.1) is 23.7 Å². The van der Waals surface area contributed by atoms with Crippen molar-refractivity contribution in [3.8, 4) is 11.3 Å². The standard InChI is InChI=1S/C12H7F3N2O2/c13-12(14,15)8-3-1-2-7(4-8)9-5-17-10(6-16-9)11(18)19/h1-6H,(H,18,19). The van der Waals surface area contributed by atoms with Crippen LogP contribution in [0.1, 0.15) is 16.1 Å². The van der Waals surface area contributed by atoms with Crippen LogP contribution in [0.25, 0.3) is 11.3 Å². The average molecular weight is 268 g/mol. The zero-order valence-corrected chi connectivity index (χ0v) is 9.35. The summed E-state index contributed by atoms with van der Waals surface area (Å²) in [4.78, 5) is 18.0. The molecule has 4 nitrogen and oxygen atoms in total. The molecule has 0 fully saturated rings. The highest BCUT2D eigenvalue weighted by molar-refractivity contribution is 5.85. The zero-order valence-electron chi connectivity index (χ0n) is 9.35. The third-order valence-electron chi connectivity index (χ3n) is 2.36. The Bertz CT molecular complexity index is 609. The zero-order chi connectivity index (χ0) is 14.0. The number of halogens is 3. The fourth-order valence-electron chi connectivity index (χ4n) is 1.44. The smallest absolute Gasteiger partial charge is 0.416 e. The fourth-order valence-corrected chi connectivity index (χ4v) is 1.44. The molecule has 19 heavy (non-hydrogen) atoms. The van der Waals surface area contributed by atoms with Crippen LogP contribution < -0.4 is 0 Å². The third-order valence-corrected chi connectivity index (χ3v) is 2.36. The van der Waals surface area contributed by atoms with Gasteiger partial charge < -0.3 is 5.11 Å². The quantitative estimate of drug-likeness (QED) is 0.909. The summed E-state index contributed by atoms with van der Waals surface area (Å²) in [6.07, 6.45) is -2.32. The molecule has 0 spiro atoms. The molecule has 98 valence electrons. The first kappa shape index (κ1) is 13.0. The Hall–Kier alpha value is -2.44. The summed E-state index contributed by atoms with van der Waals surface area (Å²) >= 11 is 0. The summed E-state index contributed by atoms with van der Waals surface area (Å²) in [5.41, 5.74) is -0.666. The molecule has 1 N–H and O–H groups in total. The Morgan fingerprint density at radius 2 is 1.89 bits per heavy atom. The summed E-state index contributed by atoms with van der Waals surface area (Å²) in [6, 6.07) is 4.58. The number of carboxylic acid groups (broad SMARTS) is 1. The average Bonchev–Trinajstić information content (AvgIpc) is 2.38. The molecule has 0 aliphatic heterocycles. The molecule has 2 aromatic rings. The number of aromatic nitrogens is 2. The van der Waals surface area contributed by atoms with Crippen molar-refractivity contribution >= 4 is 5.97 Å². The SMILES string of the molecule is O=C(O)c1cnc(-c2cccc(C(F)(F)F)c2)cn1. The van der Waals surface area contributed by atoms with Crippen molar-refractivity contribution in [2.24, 2.45) is 0 Å². The Morgan fingerprint density at radius 3 is 2.42 bits per heavy atom. The van der Waals surface area contributed by atoms with Gasteiger partial charge in [-0.3, -0.25) is 4.98 Å². The second-order valence-corrected chi connectivity index (χ2v) is 3.67. The van der Waals surface area contributed by atoms with Crippen molar-refractivity contribution in [1.29, 1.82) is 0 Å². The van der Waals surface area contributed by atoms with E-state index in [9.17, 15) is 18.0 Å². The lowest BCUT2D eigenvalue weighted by molar-refractivity contribution is -0.137. The van der Waals surface area contributed by atoms with Crippen molar-refractivity contribution < 1.29 is 23.1 Å². The Kier molecular flexibility index (Phi) is 3.20. The van der Waals surface area contributed by atoms with Crippen LogP contribution in [0.4, 0.5) is 13.2 Å². The molecule has 0 unspecified atom stereocenters. The van der Waals surface area contributed by atoms with Crippen molar-refractivity contribution in [1.82, 2.24) is 9.97 Å². The van der Waals surface area contributed by atoms with Gasteiger partial charge in [-0.2, -0.15) is 13.2 Å². The molecule has 0 aliphatic carbocycles. The molecule has 0 radical (unpaired) electrons. The second-order valence-electron chi connectivity index (χ2n) is 3.67. The number of hydrogen-bond donors (Lipinski definition) is 1. The summed E-state index contributed by atoms with van der Waals surface area (Å²) in [5, 5.41) is 8.65. The first-order chi connectivity index (χ1) is 8.88. The highest BCUT2D eigenvalue weighted by Crippen LogP contribution is 2.31. The van der Waals surface area contributed by atoms with E-state index in [2.05, 4.69) is 9.97 Å². The number of alkyl halides is 3. The van der Waals surface area contributed by atoms with E-state index >= 15 is 0 Å². The lowest BCUT2D eigenvalue weighted by atomic mass is 10.1. The van der Waals surface area contributed by atoms with Crippen LogP contribution in [0, 0.1) is 0 Å². The van der Waals surface area contributed by atoms with Crippen molar-refractivity contribution in [2.75, 3.05) is 0 Å².